The van der Waals surface area contributed by atoms with E-state index < -0.39 is 0 Å². The van der Waals surface area contributed by atoms with E-state index in [4.69, 9.17) is 11.6 Å². The molecule has 0 N–H and O–H groups in total. The Morgan fingerprint density at radius 3 is 2.38 bits per heavy atom. The Morgan fingerprint density at radius 2 is 1.67 bits per heavy atom. The molecule has 2 aromatic carbocycles. The number of hydrogen-bond acceptors (Lipinski definition) is 0. The average Bonchev–Trinajstić information content (AvgIpc) is 2.95. The minimum Gasteiger partial charge on any atom is -0.117 e. The molecule has 1 atom stereocenters. The zero-order chi connectivity index (χ0) is 14.9. The smallest absolute Gasteiger partial charge is 0.0647 e. The molecule has 2 aromatic rings. The highest BCUT2D eigenvalue weighted by Crippen LogP contribution is 2.55. The minimum absolute atomic E-state index is 0.133. The number of benzene rings is 2. The fourth-order valence-electron chi connectivity index (χ4n) is 4.25. The normalized spacial score (nSPS) is 19.2. The standard InChI is InChI=1S/C20H25Cl/c1-15(2)14-20(12-5-6-13-20)19(21)18-11-7-9-16-8-3-4-10-17(16)18/h3-4,7-11,15,19H,5-6,12-14H2,1-2H3. The Balaban J connectivity index is 2.04. The van der Waals surface area contributed by atoms with E-state index >= 15 is 0 Å². The lowest BCUT2D eigenvalue weighted by atomic mass is 9.73. The molecule has 0 bridgehead atoms. The molecule has 0 heterocycles. The summed E-state index contributed by atoms with van der Waals surface area (Å²) in [4.78, 5) is 0. The summed E-state index contributed by atoms with van der Waals surface area (Å²) in [5.41, 5.74) is 1.62. The predicted octanol–water partition coefficient (Wildman–Crippen LogP) is 6.73. The second kappa shape index (κ2) is 6.01. The second-order valence-corrected chi connectivity index (χ2v) is 7.53. The molecule has 0 saturated heterocycles. The zero-order valence-electron chi connectivity index (χ0n) is 13.1. The van der Waals surface area contributed by atoms with Crippen molar-refractivity contribution in [2.45, 2.75) is 51.3 Å². The summed E-state index contributed by atoms with van der Waals surface area (Å²) in [6, 6.07) is 15.2. The maximum absolute atomic E-state index is 7.09. The molecule has 0 amide bonds. The van der Waals surface area contributed by atoms with Crippen LogP contribution in [0.2, 0.25) is 0 Å². The van der Waals surface area contributed by atoms with Crippen molar-refractivity contribution in [1.82, 2.24) is 0 Å². The lowest BCUT2D eigenvalue weighted by molar-refractivity contribution is 0.224. The highest BCUT2D eigenvalue weighted by Gasteiger charge is 2.41. The van der Waals surface area contributed by atoms with Crippen LogP contribution >= 0.6 is 11.6 Å². The molecule has 1 heteroatoms. The maximum Gasteiger partial charge on any atom is 0.0647 e. The fraction of sp³-hybridized carbons (Fsp3) is 0.500. The van der Waals surface area contributed by atoms with E-state index in [1.807, 2.05) is 0 Å². The summed E-state index contributed by atoms with van der Waals surface area (Å²) >= 11 is 7.09. The molecule has 0 radical (unpaired) electrons. The van der Waals surface area contributed by atoms with E-state index in [9.17, 15) is 0 Å². The molecule has 112 valence electrons. The van der Waals surface area contributed by atoms with Gasteiger partial charge in [0.2, 0.25) is 0 Å². The van der Waals surface area contributed by atoms with E-state index in [2.05, 4.69) is 56.3 Å². The van der Waals surface area contributed by atoms with Crippen LogP contribution in [0.25, 0.3) is 10.8 Å². The molecular weight excluding hydrogens is 276 g/mol. The molecule has 0 spiro atoms. The summed E-state index contributed by atoms with van der Waals surface area (Å²) in [6.45, 7) is 4.65. The van der Waals surface area contributed by atoms with Crippen LogP contribution in [0.3, 0.4) is 0 Å². The Bertz CT molecular complexity index is 603. The number of halogens is 1. The lowest BCUT2D eigenvalue weighted by Gasteiger charge is -2.36. The molecule has 0 nitrogen and oxygen atoms in total. The van der Waals surface area contributed by atoms with Gasteiger partial charge in [0.15, 0.2) is 0 Å². The largest absolute Gasteiger partial charge is 0.117 e. The van der Waals surface area contributed by atoms with Crippen LogP contribution in [0.4, 0.5) is 0 Å². The van der Waals surface area contributed by atoms with Crippen molar-refractivity contribution < 1.29 is 0 Å². The molecule has 1 saturated carbocycles. The summed E-state index contributed by atoms with van der Waals surface area (Å²) in [5.74, 6) is 0.708. The van der Waals surface area contributed by atoms with Gasteiger partial charge < -0.3 is 0 Å². The highest BCUT2D eigenvalue weighted by molar-refractivity contribution is 6.22. The van der Waals surface area contributed by atoms with Crippen molar-refractivity contribution in [3.05, 3.63) is 48.0 Å². The fourth-order valence-corrected chi connectivity index (χ4v) is 4.75. The Morgan fingerprint density at radius 1 is 1.00 bits per heavy atom. The van der Waals surface area contributed by atoms with Gasteiger partial charge >= 0.3 is 0 Å². The number of fused-ring (bicyclic) bond motifs is 1. The van der Waals surface area contributed by atoms with Gasteiger partial charge in [-0.15, -0.1) is 11.6 Å². The molecular formula is C20H25Cl. The molecule has 1 fully saturated rings. The van der Waals surface area contributed by atoms with Crippen molar-refractivity contribution >= 4 is 22.4 Å². The highest BCUT2D eigenvalue weighted by atomic mass is 35.5. The van der Waals surface area contributed by atoms with Crippen LogP contribution in [-0.2, 0) is 0 Å². The Hall–Kier alpha value is -1.01. The predicted molar refractivity (Wildman–Crippen MR) is 92.9 cm³/mol. The van der Waals surface area contributed by atoms with E-state index in [0.29, 0.717) is 11.3 Å². The third-order valence-corrected chi connectivity index (χ3v) is 5.75. The van der Waals surface area contributed by atoms with Crippen molar-refractivity contribution in [1.29, 1.82) is 0 Å². The minimum atomic E-state index is 0.133. The summed E-state index contributed by atoms with van der Waals surface area (Å²) in [5, 5.41) is 2.77. The quantitative estimate of drug-likeness (QED) is 0.549. The van der Waals surface area contributed by atoms with Crippen LogP contribution in [-0.4, -0.2) is 0 Å². The third kappa shape index (κ3) is 2.83. The van der Waals surface area contributed by atoms with Crippen LogP contribution in [0.1, 0.15) is 56.9 Å². The maximum atomic E-state index is 7.09. The van der Waals surface area contributed by atoms with Crippen LogP contribution in [0.5, 0.6) is 0 Å². The van der Waals surface area contributed by atoms with Crippen molar-refractivity contribution in [2.24, 2.45) is 11.3 Å². The Kier molecular flexibility index (Phi) is 4.26. The van der Waals surface area contributed by atoms with Gasteiger partial charge in [-0.05, 0) is 46.9 Å². The zero-order valence-corrected chi connectivity index (χ0v) is 13.9. The molecule has 1 aliphatic rings. The monoisotopic (exact) mass is 300 g/mol. The van der Waals surface area contributed by atoms with E-state index in [1.54, 1.807) is 0 Å². The van der Waals surface area contributed by atoms with Gasteiger partial charge in [0.25, 0.3) is 0 Å². The SMILES string of the molecule is CC(C)CC1(C(Cl)c2cccc3ccccc23)CCCC1. The molecule has 1 unspecified atom stereocenters. The van der Waals surface area contributed by atoms with Crippen LogP contribution in [0, 0.1) is 11.3 Å². The first kappa shape index (κ1) is 14.9. The van der Waals surface area contributed by atoms with Gasteiger partial charge in [-0.2, -0.15) is 0 Å². The van der Waals surface area contributed by atoms with E-state index in [0.717, 1.165) is 0 Å². The van der Waals surface area contributed by atoms with Crippen molar-refractivity contribution in [2.75, 3.05) is 0 Å². The molecule has 0 aliphatic heterocycles. The molecule has 0 aromatic heterocycles. The van der Waals surface area contributed by atoms with Gasteiger partial charge in [0.05, 0.1) is 5.38 Å². The van der Waals surface area contributed by atoms with E-state index in [1.165, 1.54) is 48.4 Å². The van der Waals surface area contributed by atoms with Gasteiger partial charge in [-0.3, -0.25) is 0 Å². The van der Waals surface area contributed by atoms with Gasteiger partial charge in [-0.1, -0.05) is 69.2 Å². The number of hydrogen-bond donors (Lipinski definition) is 0. The van der Waals surface area contributed by atoms with Crippen LogP contribution < -0.4 is 0 Å². The average molecular weight is 301 g/mol. The summed E-state index contributed by atoms with van der Waals surface area (Å²) in [6.07, 6.45) is 6.47. The van der Waals surface area contributed by atoms with Gasteiger partial charge in [-0.25, -0.2) is 0 Å². The lowest BCUT2D eigenvalue weighted by Crippen LogP contribution is -2.25. The number of alkyl halides is 1. The molecule has 1 aliphatic carbocycles. The first-order valence-corrected chi connectivity index (χ1v) is 8.68. The van der Waals surface area contributed by atoms with Gasteiger partial charge in [0, 0.05) is 0 Å². The number of rotatable bonds is 4. The van der Waals surface area contributed by atoms with Gasteiger partial charge in [0.1, 0.15) is 0 Å². The summed E-state index contributed by atoms with van der Waals surface area (Å²) in [7, 11) is 0. The van der Waals surface area contributed by atoms with Crippen LogP contribution in [0.15, 0.2) is 42.5 Å². The molecule has 21 heavy (non-hydrogen) atoms. The second-order valence-electron chi connectivity index (χ2n) is 7.10. The first-order valence-electron chi connectivity index (χ1n) is 8.24. The Labute approximate surface area is 133 Å². The first-order chi connectivity index (χ1) is 10.1. The summed E-state index contributed by atoms with van der Waals surface area (Å²) < 4.78 is 0. The van der Waals surface area contributed by atoms with E-state index in [-0.39, 0.29) is 5.38 Å². The molecule has 3 rings (SSSR count). The topological polar surface area (TPSA) is 0 Å². The van der Waals surface area contributed by atoms with Crippen molar-refractivity contribution in [3.8, 4) is 0 Å². The van der Waals surface area contributed by atoms with Crippen molar-refractivity contribution in [3.63, 3.8) is 0 Å². The third-order valence-electron chi connectivity index (χ3n) is 5.05.